The van der Waals surface area contributed by atoms with Crippen molar-refractivity contribution < 1.29 is 17.7 Å². The van der Waals surface area contributed by atoms with Crippen molar-refractivity contribution >= 4 is 22.1 Å². The van der Waals surface area contributed by atoms with Crippen LogP contribution in [0.4, 0.5) is 0 Å². The Labute approximate surface area is 169 Å². The van der Waals surface area contributed by atoms with E-state index < -0.39 is 10.1 Å². The van der Waals surface area contributed by atoms with Gasteiger partial charge in [-0.15, -0.1) is 0 Å². The summed E-state index contributed by atoms with van der Waals surface area (Å²) < 4.78 is 37.2. The van der Waals surface area contributed by atoms with Gasteiger partial charge in [0.1, 0.15) is 5.76 Å². The van der Waals surface area contributed by atoms with Gasteiger partial charge in [-0.25, -0.2) is 0 Å². The molecule has 5 nitrogen and oxygen atoms in total. The summed E-state index contributed by atoms with van der Waals surface area (Å²) in [7, 11) is -4.20. The molecule has 2 rings (SSSR count). The summed E-state index contributed by atoms with van der Waals surface area (Å²) in [5, 5.41) is 7.31. The van der Waals surface area contributed by atoms with Crippen LogP contribution < -0.4 is 0 Å². The zero-order chi connectivity index (χ0) is 20.2. The van der Waals surface area contributed by atoms with Gasteiger partial charge >= 0.3 is 0 Å². The molecule has 28 heavy (non-hydrogen) atoms. The first-order chi connectivity index (χ1) is 13.5. The van der Waals surface area contributed by atoms with Crippen LogP contribution in [0.3, 0.4) is 0 Å². The Balaban J connectivity index is 1.78. The molecule has 1 fully saturated rings. The van der Waals surface area contributed by atoms with E-state index in [1.165, 1.54) is 69.9 Å². The predicted octanol–water partition coefficient (Wildman–Crippen LogP) is 5.86. The highest BCUT2D eigenvalue weighted by molar-refractivity contribution is 7.85. The van der Waals surface area contributed by atoms with E-state index in [0.29, 0.717) is 17.9 Å². The molecule has 0 aliphatic heterocycles. The molecule has 0 atom stereocenters. The van der Waals surface area contributed by atoms with Crippen LogP contribution in [-0.4, -0.2) is 25.8 Å². The smallest absolute Gasteiger partial charge is 0.294 e. The quantitative estimate of drug-likeness (QED) is 0.232. The van der Waals surface area contributed by atoms with E-state index in [-0.39, 0.29) is 4.90 Å². The summed E-state index contributed by atoms with van der Waals surface area (Å²) in [6.45, 7) is 0.576. The molecule has 1 aliphatic rings. The standard InChI is InChI=1S/C22H33NO4S/c23-17-16-22(20-12-14-21(15-13-20)28(24,25)26)27-18-8-7-11-19-9-5-3-1-2-4-6-10-19/h12-17,19,23H,1-11,18H2,(H,24,25,26)/b22-16-,23-17?. The molecule has 0 radical (unpaired) electrons. The summed E-state index contributed by atoms with van der Waals surface area (Å²) in [5.41, 5.74) is 0.687. The predicted molar refractivity (Wildman–Crippen MR) is 113 cm³/mol. The van der Waals surface area contributed by atoms with E-state index in [4.69, 9.17) is 14.7 Å². The first-order valence-corrected chi connectivity index (χ1v) is 11.9. The van der Waals surface area contributed by atoms with Gasteiger partial charge in [-0.1, -0.05) is 57.8 Å². The molecule has 6 heteroatoms. The highest BCUT2D eigenvalue weighted by atomic mass is 32.2. The number of unbranched alkanes of at least 4 members (excludes halogenated alkanes) is 1. The molecule has 1 saturated carbocycles. The molecular formula is C22H33NO4S. The molecule has 0 aromatic heterocycles. The monoisotopic (exact) mass is 407 g/mol. The first-order valence-electron chi connectivity index (χ1n) is 10.4. The van der Waals surface area contributed by atoms with Crippen LogP contribution in [0.1, 0.15) is 76.2 Å². The van der Waals surface area contributed by atoms with Crippen LogP contribution in [0.25, 0.3) is 5.76 Å². The number of hydrogen-bond donors (Lipinski definition) is 2. The van der Waals surface area contributed by atoms with Gasteiger partial charge in [-0.2, -0.15) is 8.42 Å². The molecule has 2 N–H and O–H groups in total. The highest BCUT2D eigenvalue weighted by Crippen LogP contribution is 2.26. The fourth-order valence-electron chi connectivity index (χ4n) is 3.82. The molecule has 0 amide bonds. The van der Waals surface area contributed by atoms with Crippen molar-refractivity contribution in [2.24, 2.45) is 5.92 Å². The summed E-state index contributed by atoms with van der Waals surface area (Å²) >= 11 is 0. The topological polar surface area (TPSA) is 87.5 Å². The lowest BCUT2D eigenvalue weighted by Crippen LogP contribution is -2.02. The third-order valence-electron chi connectivity index (χ3n) is 5.41. The molecule has 1 aromatic rings. The molecule has 156 valence electrons. The third-order valence-corrected chi connectivity index (χ3v) is 6.28. The Hall–Kier alpha value is -1.66. The van der Waals surface area contributed by atoms with Gasteiger partial charge in [0.15, 0.2) is 0 Å². The van der Waals surface area contributed by atoms with Crippen LogP contribution in [0.5, 0.6) is 0 Å². The van der Waals surface area contributed by atoms with Gasteiger partial charge in [0.2, 0.25) is 0 Å². The fourth-order valence-corrected chi connectivity index (χ4v) is 4.30. The number of rotatable bonds is 9. The molecule has 1 aliphatic carbocycles. The van der Waals surface area contributed by atoms with Crippen LogP contribution in [-0.2, 0) is 14.9 Å². The van der Waals surface area contributed by atoms with E-state index in [1.807, 2.05) is 0 Å². The van der Waals surface area contributed by atoms with Crippen molar-refractivity contribution in [2.75, 3.05) is 6.61 Å². The van der Waals surface area contributed by atoms with Gasteiger partial charge in [0.25, 0.3) is 10.1 Å². The van der Waals surface area contributed by atoms with Gasteiger partial charge in [0.05, 0.1) is 11.5 Å². The third kappa shape index (κ3) is 8.15. The van der Waals surface area contributed by atoms with Gasteiger partial charge in [0, 0.05) is 11.8 Å². The summed E-state index contributed by atoms with van der Waals surface area (Å²) in [5.74, 6) is 1.39. The number of ether oxygens (including phenoxy) is 1. The van der Waals surface area contributed by atoms with Crippen molar-refractivity contribution in [1.82, 2.24) is 0 Å². The Morgan fingerprint density at radius 1 is 1.04 bits per heavy atom. The van der Waals surface area contributed by atoms with E-state index in [2.05, 4.69) is 0 Å². The number of hydrogen-bond acceptors (Lipinski definition) is 4. The lowest BCUT2D eigenvalue weighted by atomic mass is 9.92. The van der Waals surface area contributed by atoms with Crippen molar-refractivity contribution in [3.05, 3.63) is 35.9 Å². The summed E-state index contributed by atoms with van der Waals surface area (Å²) in [6.07, 6.45) is 17.1. The van der Waals surface area contributed by atoms with Gasteiger partial charge in [-0.3, -0.25) is 4.55 Å². The zero-order valence-corrected chi connectivity index (χ0v) is 17.4. The second-order valence-corrected chi connectivity index (χ2v) is 9.03. The van der Waals surface area contributed by atoms with Crippen molar-refractivity contribution in [3.63, 3.8) is 0 Å². The molecule has 0 heterocycles. The molecule has 1 aromatic carbocycles. The van der Waals surface area contributed by atoms with Gasteiger partial charge < -0.3 is 10.1 Å². The number of nitrogens with one attached hydrogen (secondary N) is 1. The van der Waals surface area contributed by atoms with Gasteiger partial charge in [-0.05, 0) is 49.1 Å². The average Bonchev–Trinajstić information content (AvgIpc) is 2.80. The Bertz CT molecular complexity index is 715. The minimum Gasteiger partial charge on any atom is -0.493 e. The second-order valence-electron chi connectivity index (χ2n) is 7.61. The molecule has 0 unspecified atom stereocenters. The largest absolute Gasteiger partial charge is 0.493 e. The Morgan fingerprint density at radius 2 is 1.64 bits per heavy atom. The maximum Gasteiger partial charge on any atom is 0.294 e. The van der Waals surface area contributed by atoms with Crippen LogP contribution in [0, 0.1) is 11.3 Å². The van der Waals surface area contributed by atoms with Crippen LogP contribution in [0.15, 0.2) is 35.2 Å². The normalized spacial score (nSPS) is 17.4. The maximum absolute atomic E-state index is 11.1. The van der Waals surface area contributed by atoms with Crippen LogP contribution >= 0.6 is 0 Å². The van der Waals surface area contributed by atoms with E-state index in [9.17, 15) is 8.42 Å². The molecule has 0 spiro atoms. The van der Waals surface area contributed by atoms with Crippen molar-refractivity contribution in [2.45, 2.75) is 75.5 Å². The Morgan fingerprint density at radius 3 is 2.21 bits per heavy atom. The lowest BCUT2D eigenvalue weighted by Gasteiger charge is -2.16. The zero-order valence-electron chi connectivity index (χ0n) is 16.6. The van der Waals surface area contributed by atoms with E-state index in [1.54, 1.807) is 18.2 Å². The Kier molecular flexibility index (Phi) is 9.71. The first kappa shape index (κ1) is 22.6. The van der Waals surface area contributed by atoms with Crippen LogP contribution in [0.2, 0.25) is 0 Å². The average molecular weight is 408 g/mol. The minimum atomic E-state index is -4.20. The summed E-state index contributed by atoms with van der Waals surface area (Å²) in [6, 6.07) is 5.83. The maximum atomic E-state index is 11.1. The lowest BCUT2D eigenvalue weighted by molar-refractivity contribution is 0.260. The fraction of sp³-hybridized carbons (Fsp3) is 0.591. The van der Waals surface area contributed by atoms with Crippen molar-refractivity contribution in [1.29, 1.82) is 5.41 Å². The van der Waals surface area contributed by atoms with E-state index >= 15 is 0 Å². The molecule has 0 bridgehead atoms. The molecular weight excluding hydrogens is 374 g/mol. The summed E-state index contributed by atoms with van der Waals surface area (Å²) in [4.78, 5) is -0.152. The second kappa shape index (κ2) is 12.0. The number of benzene rings is 1. The minimum absolute atomic E-state index is 0.152. The van der Waals surface area contributed by atoms with Crippen molar-refractivity contribution in [3.8, 4) is 0 Å². The highest BCUT2D eigenvalue weighted by Gasteiger charge is 2.12. The van der Waals surface area contributed by atoms with E-state index in [0.717, 1.165) is 25.0 Å². The SMILES string of the molecule is N=C/C=C(\OCCCCC1CCCCCCCC1)c1ccc(S(=O)(=O)O)cc1. The number of allylic oxidation sites excluding steroid dienone is 1. The molecule has 0 saturated heterocycles.